The Labute approximate surface area is 330 Å². The Kier molecular flexibility index (Phi) is 10.3. The van der Waals surface area contributed by atoms with Crippen molar-refractivity contribution in [3.63, 3.8) is 0 Å². The second-order valence-electron chi connectivity index (χ2n) is 21.0. The molecule has 5 fully saturated rings. The largest absolute Gasteiger partial charge is 0.481 e. The first-order valence-corrected chi connectivity index (χ1v) is 21.5. The number of aliphatic hydroxyl groups excluding tert-OH is 1. The van der Waals surface area contributed by atoms with Crippen LogP contribution >= 0.6 is 0 Å². The van der Waals surface area contributed by atoms with Gasteiger partial charge in [-0.05, 0) is 123 Å². The molecule has 1 aromatic rings. The zero-order chi connectivity index (χ0) is 39.9. The summed E-state index contributed by atoms with van der Waals surface area (Å²) < 4.78 is 6.19. The van der Waals surface area contributed by atoms with Crippen LogP contribution in [0.2, 0.25) is 0 Å². The van der Waals surface area contributed by atoms with E-state index < -0.39 is 28.9 Å². The van der Waals surface area contributed by atoms with Gasteiger partial charge in [-0.3, -0.25) is 19.3 Å². The maximum absolute atomic E-state index is 14.2. The maximum atomic E-state index is 14.2. The molecule has 1 aliphatic heterocycles. The van der Waals surface area contributed by atoms with Crippen molar-refractivity contribution in [3.05, 3.63) is 35.5 Å². The van der Waals surface area contributed by atoms with Crippen molar-refractivity contribution in [2.45, 2.75) is 139 Å². The second kappa shape index (κ2) is 14.0. The number of aliphatic hydroxyl groups is 1. The first kappa shape index (κ1) is 40.4. The highest BCUT2D eigenvalue weighted by molar-refractivity contribution is 6.00. The number of pyridine rings is 1. The fraction of sp³-hybridized carbons (Fsp3) is 0.783. The maximum Gasteiger partial charge on any atom is 0.309 e. The number of β-amino-alcohol motifs (C(OH)–C–C–N with tert-alkyl or cyclic N) is 1. The van der Waals surface area contributed by atoms with Crippen molar-refractivity contribution in [1.29, 1.82) is 0 Å². The van der Waals surface area contributed by atoms with Gasteiger partial charge < -0.3 is 19.8 Å². The van der Waals surface area contributed by atoms with E-state index in [1.54, 1.807) is 13.8 Å². The zero-order valence-electron chi connectivity index (χ0n) is 35.2. The summed E-state index contributed by atoms with van der Waals surface area (Å²) in [5.41, 5.74) is 0.573. The predicted octanol–water partition coefficient (Wildman–Crippen LogP) is 7.96. The zero-order valence-corrected chi connectivity index (χ0v) is 35.2. The summed E-state index contributed by atoms with van der Waals surface area (Å²) in [5.74, 6) is 1.13. The Morgan fingerprint density at radius 3 is 2.27 bits per heavy atom. The summed E-state index contributed by atoms with van der Waals surface area (Å²) in [4.78, 5) is 48.4. The van der Waals surface area contributed by atoms with Gasteiger partial charge in [0.25, 0.3) is 0 Å². The van der Waals surface area contributed by atoms with Gasteiger partial charge in [-0.25, -0.2) is 4.98 Å². The summed E-state index contributed by atoms with van der Waals surface area (Å²) in [6.07, 6.45) is 9.25. The molecule has 4 saturated carbocycles. The number of carboxylic acids is 1. The minimum Gasteiger partial charge on any atom is -0.481 e. The van der Waals surface area contributed by atoms with E-state index in [1.807, 2.05) is 18.3 Å². The van der Waals surface area contributed by atoms with Gasteiger partial charge in [-0.1, -0.05) is 60.1 Å². The van der Waals surface area contributed by atoms with Gasteiger partial charge >= 0.3 is 11.9 Å². The number of Topliss-reactive ketones (excluding diaryl/α,β-unsaturated/α-hetero) is 1. The number of piperazine rings is 1. The fourth-order valence-electron chi connectivity index (χ4n) is 14.0. The summed E-state index contributed by atoms with van der Waals surface area (Å²) in [6, 6.07) is 6.05. The molecule has 9 nitrogen and oxygen atoms in total. The lowest BCUT2D eigenvalue weighted by Crippen LogP contribution is -2.66. The standard InChI is InChI=1S/C46H69N3O6/c1-29(2)38-31(50)26-46(34(51)28-48-22-24-49(25-23-48)36-12-10-11-21-47-36)20-19-44(8)30(39(38)46)13-14-33-43(7)17-16-35(55-37(52)27-41(3,4)40(53)54)42(5,6)32(43)15-18-45(33,44)9/h10-12,21,29-30,32-35,51H,13-20,22-28H2,1-9H3,(H,53,54)/t30-,32+,33-,34?,35+,43+,44-,45-,46+/m1/s1. The summed E-state index contributed by atoms with van der Waals surface area (Å²) >= 11 is 0. The average Bonchev–Trinajstić information content (AvgIpc) is 3.43. The summed E-state index contributed by atoms with van der Waals surface area (Å²) in [7, 11) is 0. The molecule has 9 atom stereocenters. The Morgan fingerprint density at radius 2 is 1.64 bits per heavy atom. The molecule has 55 heavy (non-hydrogen) atoms. The Hall–Kier alpha value is -2.78. The lowest BCUT2D eigenvalue weighted by Gasteiger charge is -2.72. The number of carbonyl (C=O) groups is 3. The molecule has 304 valence electrons. The van der Waals surface area contributed by atoms with Crippen LogP contribution < -0.4 is 4.90 Å². The molecule has 1 aromatic heterocycles. The van der Waals surface area contributed by atoms with Crippen LogP contribution in [-0.4, -0.2) is 82.8 Å². The minimum atomic E-state index is -1.16. The molecular formula is C46H69N3O6. The Bertz CT molecular complexity index is 1700. The second-order valence-corrected chi connectivity index (χ2v) is 21.0. The third-order valence-corrected chi connectivity index (χ3v) is 17.3. The minimum absolute atomic E-state index is 0.00259. The molecule has 0 radical (unpaired) electrons. The number of hydrogen-bond donors (Lipinski definition) is 2. The quantitative estimate of drug-likeness (QED) is 0.242. The molecule has 0 aromatic carbocycles. The van der Waals surface area contributed by atoms with Crippen LogP contribution in [0, 0.1) is 56.2 Å². The van der Waals surface area contributed by atoms with E-state index in [0.29, 0.717) is 24.8 Å². The molecule has 6 aliphatic rings. The number of ether oxygens (including phenoxy) is 1. The number of carbonyl (C=O) groups excluding carboxylic acids is 2. The molecule has 2 N–H and O–H groups in total. The molecule has 1 saturated heterocycles. The number of carboxylic acid groups (broad SMARTS) is 1. The number of ketones is 1. The highest BCUT2D eigenvalue weighted by Crippen LogP contribution is 2.77. The number of allylic oxidation sites excluding steroid dienone is 1. The number of hydrogen-bond acceptors (Lipinski definition) is 8. The average molecular weight is 760 g/mol. The van der Waals surface area contributed by atoms with Gasteiger partial charge in [0.2, 0.25) is 0 Å². The number of anilines is 1. The summed E-state index contributed by atoms with van der Waals surface area (Å²) in [5, 5.41) is 22.1. The molecule has 9 heteroatoms. The highest BCUT2D eigenvalue weighted by Gasteiger charge is 2.71. The topological polar surface area (TPSA) is 120 Å². The molecule has 0 amide bonds. The van der Waals surface area contributed by atoms with Crippen LogP contribution in [0.15, 0.2) is 35.5 Å². The molecule has 0 spiro atoms. The van der Waals surface area contributed by atoms with E-state index in [1.165, 1.54) is 5.57 Å². The van der Waals surface area contributed by atoms with E-state index in [-0.39, 0.29) is 51.8 Å². The molecule has 0 bridgehead atoms. The van der Waals surface area contributed by atoms with E-state index in [2.05, 4.69) is 69.3 Å². The number of nitrogens with zero attached hydrogens (tertiary/aromatic N) is 3. The van der Waals surface area contributed by atoms with E-state index in [0.717, 1.165) is 88.9 Å². The van der Waals surface area contributed by atoms with Crippen LogP contribution in [0.1, 0.15) is 127 Å². The van der Waals surface area contributed by atoms with Gasteiger partial charge in [-0.15, -0.1) is 0 Å². The predicted molar refractivity (Wildman–Crippen MR) is 214 cm³/mol. The SMILES string of the molecule is CC(C)C1=C2[C@H]3CC[C@@H]4[C@@]5(C)CC[C@H](OC(=O)CC(C)(C)C(=O)O)C(C)(C)[C@@H]5CC[C@@]4(C)[C@]3(C)CC[C@@]2(C(O)CN2CCN(c3ccccn3)CC2)CC1=O. The number of aliphatic carboxylic acids is 1. The van der Waals surface area contributed by atoms with Gasteiger partial charge in [0.15, 0.2) is 5.78 Å². The van der Waals surface area contributed by atoms with Gasteiger partial charge in [0.05, 0.1) is 17.9 Å². The van der Waals surface area contributed by atoms with E-state index in [9.17, 15) is 24.6 Å². The number of aromatic nitrogens is 1. The Balaban J connectivity index is 1.12. The van der Waals surface area contributed by atoms with Crippen molar-refractivity contribution in [2.24, 2.45) is 56.2 Å². The van der Waals surface area contributed by atoms with Crippen LogP contribution in [0.5, 0.6) is 0 Å². The lowest BCUT2D eigenvalue weighted by molar-refractivity contribution is -0.235. The van der Waals surface area contributed by atoms with Crippen molar-refractivity contribution < 1.29 is 29.3 Å². The molecule has 7 rings (SSSR count). The van der Waals surface area contributed by atoms with Crippen molar-refractivity contribution in [3.8, 4) is 0 Å². The third-order valence-electron chi connectivity index (χ3n) is 17.3. The van der Waals surface area contributed by atoms with Crippen LogP contribution in [0.4, 0.5) is 5.82 Å². The van der Waals surface area contributed by atoms with E-state index in [4.69, 9.17) is 4.74 Å². The Morgan fingerprint density at radius 1 is 0.927 bits per heavy atom. The fourth-order valence-corrected chi connectivity index (χ4v) is 14.0. The monoisotopic (exact) mass is 760 g/mol. The van der Waals surface area contributed by atoms with Crippen LogP contribution in [0.25, 0.3) is 0 Å². The highest BCUT2D eigenvalue weighted by atomic mass is 16.5. The summed E-state index contributed by atoms with van der Waals surface area (Å²) in [6.45, 7) is 23.8. The van der Waals surface area contributed by atoms with Crippen LogP contribution in [-0.2, 0) is 19.1 Å². The lowest BCUT2D eigenvalue weighted by atomic mass is 9.33. The molecular weight excluding hydrogens is 691 g/mol. The van der Waals surface area contributed by atoms with Gasteiger partial charge in [0.1, 0.15) is 11.9 Å². The van der Waals surface area contributed by atoms with Crippen LogP contribution in [0.3, 0.4) is 0 Å². The van der Waals surface area contributed by atoms with Crippen molar-refractivity contribution in [2.75, 3.05) is 37.6 Å². The van der Waals surface area contributed by atoms with E-state index >= 15 is 0 Å². The molecule has 2 heterocycles. The van der Waals surface area contributed by atoms with Gasteiger partial charge in [0, 0.05) is 56.2 Å². The van der Waals surface area contributed by atoms with Crippen molar-refractivity contribution in [1.82, 2.24) is 9.88 Å². The molecule has 1 unspecified atom stereocenters. The van der Waals surface area contributed by atoms with Crippen molar-refractivity contribution >= 4 is 23.5 Å². The smallest absolute Gasteiger partial charge is 0.309 e. The third kappa shape index (κ3) is 6.31. The molecule has 5 aliphatic carbocycles. The number of fused-ring (bicyclic) bond motifs is 7. The first-order valence-electron chi connectivity index (χ1n) is 21.5. The number of esters is 1. The number of rotatable bonds is 9. The van der Waals surface area contributed by atoms with Gasteiger partial charge in [-0.2, -0.15) is 0 Å². The normalized spacial score (nSPS) is 38.2. The first-order chi connectivity index (χ1) is 25.7.